The van der Waals surface area contributed by atoms with E-state index < -0.39 is 12.0 Å². The minimum absolute atomic E-state index is 0.194. The topological polar surface area (TPSA) is 62.2 Å². The van der Waals surface area contributed by atoms with Gasteiger partial charge in [-0.25, -0.2) is 4.39 Å². The molecule has 0 fully saturated rings. The maximum absolute atomic E-state index is 14.2. The lowest BCUT2D eigenvalue weighted by Crippen LogP contribution is -2.36. The fourth-order valence-corrected chi connectivity index (χ4v) is 2.25. The zero-order chi connectivity index (χ0) is 15.9. The zero-order valence-electron chi connectivity index (χ0n) is 12.4. The molecule has 0 saturated carbocycles. The number of pyridine rings is 1. The van der Waals surface area contributed by atoms with E-state index in [0.29, 0.717) is 12.0 Å². The molecule has 4 nitrogen and oxygen atoms in total. The average Bonchev–Trinajstić information content (AvgIpc) is 2.53. The smallest absolute Gasteiger partial charge is 0.320 e. The molecule has 0 aliphatic rings. The van der Waals surface area contributed by atoms with Crippen LogP contribution in [0.15, 0.2) is 42.7 Å². The van der Waals surface area contributed by atoms with Gasteiger partial charge in [-0.3, -0.25) is 9.78 Å². The first-order valence-electron chi connectivity index (χ1n) is 7.26. The number of carbonyl (C=O) groups is 1. The Morgan fingerprint density at radius 1 is 1.27 bits per heavy atom. The van der Waals surface area contributed by atoms with Gasteiger partial charge < -0.3 is 10.4 Å². The number of hydrogen-bond acceptors (Lipinski definition) is 3. The summed E-state index contributed by atoms with van der Waals surface area (Å²) in [4.78, 5) is 15.0. The number of benzene rings is 1. The van der Waals surface area contributed by atoms with Crippen LogP contribution in [0.2, 0.25) is 0 Å². The molecule has 0 bridgehead atoms. The molecule has 2 N–H and O–H groups in total. The molecule has 22 heavy (non-hydrogen) atoms. The van der Waals surface area contributed by atoms with Crippen LogP contribution in [0.25, 0.3) is 11.1 Å². The Kier molecular flexibility index (Phi) is 5.61. The van der Waals surface area contributed by atoms with Crippen molar-refractivity contribution in [2.24, 2.45) is 0 Å². The third-order valence-corrected chi connectivity index (χ3v) is 3.48. The predicted octanol–water partition coefficient (Wildman–Crippen LogP) is 3.23. The van der Waals surface area contributed by atoms with Crippen molar-refractivity contribution in [2.45, 2.75) is 32.4 Å². The summed E-state index contributed by atoms with van der Waals surface area (Å²) in [7, 11) is 0. The van der Waals surface area contributed by atoms with E-state index in [1.807, 2.05) is 25.1 Å². The molecule has 1 unspecified atom stereocenters. The molecule has 116 valence electrons. The van der Waals surface area contributed by atoms with E-state index in [0.717, 1.165) is 17.5 Å². The van der Waals surface area contributed by atoms with Crippen molar-refractivity contribution < 1.29 is 14.3 Å². The van der Waals surface area contributed by atoms with Gasteiger partial charge in [0.1, 0.15) is 11.9 Å². The summed E-state index contributed by atoms with van der Waals surface area (Å²) < 4.78 is 14.2. The fraction of sp³-hybridized carbons (Fsp3) is 0.294. The number of rotatable bonds is 7. The third-order valence-electron chi connectivity index (χ3n) is 3.48. The van der Waals surface area contributed by atoms with Crippen molar-refractivity contribution in [3.63, 3.8) is 0 Å². The molecular formula is C17H19FN2O2. The van der Waals surface area contributed by atoms with E-state index in [1.165, 1.54) is 6.07 Å². The summed E-state index contributed by atoms with van der Waals surface area (Å²) in [5, 5.41) is 12.0. The molecule has 1 atom stereocenters. The van der Waals surface area contributed by atoms with Crippen LogP contribution in [0, 0.1) is 5.82 Å². The minimum atomic E-state index is -0.907. The second-order valence-electron chi connectivity index (χ2n) is 5.10. The van der Waals surface area contributed by atoms with Gasteiger partial charge in [0.2, 0.25) is 0 Å². The molecule has 5 heteroatoms. The van der Waals surface area contributed by atoms with Crippen LogP contribution in [0.1, 0.15) is 25.3 Å². The van der Waals surface area contributed by atoms with Crippen LogP contribution in [-0.4, -0.2) is 22.1 Å². The quantitative estimate of drug-likeness (QED) is 0.824. The van der Waals surface area contributed by atoms with Crippen molar-refractivity contribution in [1.29, 1.82) is 0 Å². The maximum atomic E-state index is 14.2. The van der Waals surface area contributed by atoms with Crippen molar-refractivity contribution in [2.75, 3.05) is 0 Å². The molecule has 0 radical (unpaired) electrons. The van der Waals surface area contributed by atoms with Gasteiger partial charge in [-0.2, -0.15) is 0 Å². The van der Waals surface area contributed by atoms with Gasteiger partial charge in [0.05, 0.1) is 0 Å². The lowest BCUT2D eigenvalue weighted by atomic mass is 10.0. The highest BCUT2D eigenvalue weighted by Gasteiger charge is 2.16. The monoisotopic (exact) mass is 302 g/mol. The third kappa shape index (κ3) is 4.11. The molecule has 0 saturated heterocycles. The largest absolute Gasteiger partial charge is 0.480 e. The number of nitrogens with zero attached hydrogens (tertiary/aromatic N) is 1. The molecule has 0 spiro atoms. The fourth-order valence-electron chi connectivity index (χ4n) is 2.25. The molecule has 0 aliphatic carbocycles. The van der Waals surface area contributed by atoms with Gasteiger partial charge in [0, 0.05) is 24.5 Å². The summed E-state index contributed by atoms with van der Waals surface area (Å²) in [5.41, 5.74) is 2.12. The summed E-state index contributed by atoms with van der Waals surface area (Å²) in [6, 6.07) is 7.95. The molecular weight excluding hydrogens is 283 g/mol. The Labute approximate surface area is 129 Å². The highest BCUT2D eigenvalue weighted by Crippen LogP contribution is 2.21. The Bertz CT molecular complexity index is 632. The van der Waals surface area contributed by atoms with Crippen LogP contribution in [0.4, 0.5) is 4.39 Å². The van der Waals surface area contributed by atoms with Gasteiger partial charge in [-0.15, -0.1) is 0 Å². The number of halogens is 1. The lowest BCUT2D eigenvalue weighted by molar-refractivity contribution is -0.139. The Hall–Kier alpha value is -2.27. The number of nitrogens with one attached hydrogen (secondary N) is 1. The number of hydrogen-bond donors (Lipinski definition) is 2. The van der Waals surface area contributed by atoms with Gasteiger partial charge in [-0.1, -0.05) is 25.5 Å². The molecule has 1 aromatic carbocycles. The Morgan fingerprint density at radius 2 is 2.00 bits per heavy atom. The molecule has 2 aromatic rings. The second kappa shape index (κ2) is 7.66. The van der Waals surface area contributed by atoms with Crippen LogP contribution < -0.4 is 5.32 Å². The summed E-state index contributed by atoms with van der Waals surface area (Å²) in [5.74, 6) is -1.25. The van der Waals surface area contributed by atoms with Crippen LogP contribution in [-0.2, 0) is 11.3 Å². The standard InChI is InChI=1S/C17H19FN2O2/c1-2-3-16(17(21)22)20-11-14-5-4-13(10-15(14)18)12-6-8-19-9-7-12/h4-10,16,20H,2-3,11H2,1H3,(H,21,22). The molecule has 1 aromatic heterocycles. The van der Waals surface area contributed by atoms with Crippen molar-refractivity contribution in [1.82, 2.24) is 10.3 Å². The van der Waals surface area contributed by atoms with Crippen molar-refractivity contribution >= 4 is 5.97 Å². The summed E-state index contributed by atoms with van der Waals surface area (Å²) in [6.07, 6.45) is 4.59. The highest BCUT2D eigenvalue weighted by molar-refractivity contribution is 5.73. The van der Waals surface area contributed by atoms with Gasteiger partial charge in [-0.05, 0) is 35.7 Å². The molecule has 2 rings (SSSR count). The second-order valence-corrected chi connectivity index (χ2v) is 5.10. The van der Waals surface area contributed by atoms with E-state index in [-0.39, 0.29) is 12.4 Å². The SMILES string of the molecule is CCCC(NCc1ccc(-c2ccncc2)cc1F)C(=O)O. The maximum Gasteiger partial charge on any atom is 0.320 e. The summed E-state index contributed by atoms with van der Waals surface area (Å²) in [6.45, 7) is 2.11. The van der Waals surface area contributed by atoms with Gasteiger partial charge >= 0.3 is 5.97 Å². The Morgan fingerprint density at radius 3 is 2.59 bits per heavy atom. The van der Waals surface area contributed by atoms with Crippen molar-refractivity contribution in [3.8, 4) is 11.1 Å². The van der Waals surface area contributed by atoms with E-state index >= 15 is 0 Å². The summed E-state index contributed by atoms with van der Waals surface area (Å²) >= 11 is 0. The lowest BCUT2D eigenvalue weighted by Gasteiger charge is -2.14. The Balaban J connectivity index is 2.08. The van der Waals surface area contributed by atoms with Gasteiger partial charge in [0.15, 0.2) is 0 Å². The number of carboxylic acids is 1. The molecule has 1 heterocycles. The first kappa shape index (κ1) is 16.1. The number of carboxylic acid groups (broad SMARTS) is 1. The predicted molar refractivity (Wildman–Crippen MR) is 82.8 cm³/mol. The van der Waals surface area contributed by atoms with Crippen molar-refractivity contribution in [3.05, 3.63) is 54.1 Å². The van der Waals surface area contributed by atoms with Crippen LogP contribution in [0.5, 0.6) is 0 Å². The zero-order valence-corrected chi connectivity index (χ0v) is 12.4. The number of aliphatic carboxylic acids is 1. The highest BCUT2D eigenvalue weighted by atomic mass is 19.1. The molecule has 0 amide bonds. The average molecular weight is 302 g/mol. The van der Waals surface area contributed by atoms with E-state index in [2.05, 4.69) is 10.3 Å². The normalized spacial score (nSPS) is 12.1. The molecule has 0 aliphatic heterocycles. The van der Waals surface area contributed by atoms with Gasteiger partial charge in [0.25, 0.3) is 0 Å². The van der Waals surface area contributed by atoms with Crippen LogP contribution >= 0.6 is 0 Å². The first-order valence-corrected chi connectivity index (χ1v) is 7.26. The van der Waals surface area contributed by atoms with E-state index in [1.54, 1.807) is 18.5 Å². The first-order chi connectivity index (χ1) is 10.6. The number of aromatic nitrogens is 1. The van der Waals surface area contributed by atoms with Crippen LogP contribution in [0.3, 0.4) is 0 Å². The van der Waals surface area contributed by atoms with E-state index in [4.69, 9.17) is 5.11 Å². The van der Waals surface area contributed by atoms with E-state index in [9.17, 15) is 9.18 Å². The minimum Gasteiger partial charge on any atom is -0.480 e.